The molecule has 0 saturated carbocycles. The summed E-state index contributed by atoms with van der Waals surface area (Å²) in [4.78, 5) is 11.5. The average molecular weight is 362 g/mol. The Balaban J connectivity index is 2.34. The first kappa shape index (κ1) is 19.1. The van der Waals surface area contributed by atoms with Crippen molar-refractivity contribution in [2.75, 3.05) is 4.31 Å². The summed E-state index contributed by atoms with van der Waals surface area (Å²) in [7, 11) is 0. The quantitative estimate of drug-likeness (QED) is 0.737. The van der Waals surface area contributed by atoms with Gasteiger partial charge in [0.1, 0.15) is 6.04 Å². The van der Waals surface area contributed by atoms with Gasteiger partial charge >= 0.3 is 5.97 Å². The van der Waals surface area contributed by atoms with E-state index in [0.717, 1.165) is 21.0 Å². The smallest absolute Gasteiger partial charge is 0.327 e. The summed E-state index contributed by atoms with van der Waals surface area (Å²) in [6.45, 7) is 3.29. The lowest BCUT2D eigenvalue weighted by atomic mass is 10.0. The van der Waals surface area contributed by atoms with Gasteiger partial charge in [0.05, 0.1) is 6.61 Å². The van der Waals surface area contributed by atoms with E-state index in [1.54, 1.807) is 38.1 Å². The molecule has 0 bridgehead atoms. The highest BCUT2D eigenvalue weighted by molar-refractivity contribution is 7.80. The summed E-state index contributed by atoms with van der Waals surface area (Å²) < 4.78 is 24.1. The minimum atomic E-state index is -2.71. The fourth-order valence-electron chi connectivity index (χ4n) is 2.60. The third-order valence-corrected chi connectivity index (χ3v) is 4.65. The molecule has 2 atom stereocenters. The largest absolute Gasteiger partial charge is 0.755 e. The topological polar surface area (TPSA) is 101 Å². The molecule has 134 valence electrons. The van der Waals surface area contributed by atoms with Crippen LogP contribution in [0, 0.1) is 5.92 Å². The number of hydrogen-bond donors (Lipinski definition) is 2. The van der Waals surface area contributed by atoms with E-state index in [-0.39, 0.29) is 12.5 Å². The molecule has 0 saturated heterocycles. The summed E-state index contributed by atoms with van der Waals surface area (Å²) in [6.07, 6.45) is 0. The van der Waals surface area contributed by atoms with Gasteiger partial charge in [-0.05, 0) is 34.7 Å². The molecule has 0 amide bonds. The van der Waals surface area contributed by atoms with Gasteiger partial charge in [-0.15, -0.1) is 0 Å². The molecule has 2 N–H and O–H groups in total. The molecule has 6 nitrogen and oxygen atoms in total. The number of carbonyl (C=O) groups is 1. The number of hydrogen-bond acceptors (Lipinski definition) is 4. The second-order valence-electron chi connectivity index (χ2n) is 5.97. The predicted molar refractivity (Wildman–Crippen MR) is 95.5 cm³/mol. The fourth-order valence-corrected chi connectivity index (χ4v) is 3.41. The van der Waals surface area contributed by atoms with Crippen molar-refractivity contribution in [1.82, 2.24) is 0 Å². The van der Waals surface area contributed by atoms with Crippen LogP contribution in [0.25, 0.3) is 11.1 Å². The van der Waals surface area contributed by atoms with E-state index in [4.69, 9.17) is 5.11 Å². The van der Waals surface area contributed by atoms with Gasteiger partial charge in [-0.1, -0.05) is 50.2 Å². The Morgan fingerprint density at radius 1 is 1.08 bits per heavy atom. The van der Waals surface area contributed by atoms with Crippen LogP contribution < -0.4 is 4.31 Å². The normalized spacial score (nSPS) is 13.5. The molecule has 0 radical (unpaired) electrons. The maximum Gasteiger partial charge on any atom is 0.327 e. The number of carboxylic acids is 1. The lowest BCUT2D eigenvalue weighted by molar-refractivity contribution is -0.139. The minimum Gasteiger partial charge on any atom is -0.755 e. The molecule has 2 aromatic rings. The van der Waals surface area contributed by atoms with Crippen LogP contribution in [0.1, 0.15) is 19.4 Å². The molecule has 7 heteroatoms. The third kappa shape index (κ3) is 4.45. The molecule has 2 rings (SSSR count). The summed E-state index contributed by atoms with van der Waals surface area (Å²) in [6, 6.07) is 12.8. The highest BCUT2D eigenvalue weighted by Crippen LogP contribution is 2.27. The van der Waals surface area contributed by atoms with Crippen molar-refractivity contribution in [1.29, 1.82) is 0 Å². The first-order chi connectivity index (χ1) is 11.8. The summed E-state index contributed by atoms with van der Waals surface area (Å²) in [5, 5.41) is 18.4. The highest BCUT2D eigenvalue weighted by Gasteiger charge is 2.30. The van der Waals surface area contributed by atoms with E-state index in [0.29, 0.717) is 5.69 Å². The Hall–Kier alpha value is -2.22. The van der Waals surface area contributed by atoms with Crippen molar-refractivity contribution in [3.63, 3.8) is 0 Å². The van der Waals surface area contributed by atoms with Crippen molar-refractivity contribution in [2.24, 2.45) is 5.92 Å². The molecule has 0 heterocycles. The maximum absolute atomic E-state index is 11.6. The maximum atomic E-state index is 11.6. The number of benzene rings is 2. The Morgan fingerprint density at radius 3 is 1.92 bits per heavy atom. The number of aliphatic hydroxyl groups excluding tert-OH is 1. The number of aliphatic hydroxyl groups is 1. The minimum absolute atomic E-state index is 0.0325. The van der Waals surface area contributed by atoms with E-state index < -0.39 is 23.3 Å². The monoisotopic (exact) mass is 362 g/mol. The van der Waals surface area contributed by atoms with Gasteiger partial charge in [-0.25, -0.2) is 4.79 Å². The summed E-state index contributed by atoms with van der Waals surface area (Å²) >= 11 is -2.71. The summed E-state index contributed by atoms with van der Waals surface area (Å²) in [5.41, 5.74) is 2.87. The second-order valence-corrected chi connectivity index (χ2v) is 6.80. The fraction of sp³-hybridized carbons (Fsp3) is 0.278. The molecule has 0 aliphatic rings. The first-order valence-electron chi connectivity index (χ1n) is 7.76. The standard InChI is InChI=1S/C18H21NO5S/c1-12(2)17(18(21)22)19(25(23)24)16-9-7-15(8-10-16)14-5-3-13(11-20)4-6-14/h3-10,12,17,20H,11H2,1-2H3,(H,21,22)(H,23,24)/p-1. The zero-order chi connectivity index (χ0) is 18.6. The zero-order valence-corrected chi connectivity index (χ0v) is 14.8. The van der Waals surface area contributed by atoms with E-state index >= 15 is 0 Å². The summed E-state index contributed by atoms with van der Waals surface area (Å²) in [5.74, 6) is -1.58. The Labute approximate surface area is 149 Å². The van der Waals surface area contributed by atoms with Crippen LogP contribution in [-0.2, 0) is 22.7 Å². The van der Waals surface area contributed by atoms with Crippen LogP contribution in [0.4, 0.5) is 5.69 Å². The van der Waals surface area contributed by atoms with Crippen molar-refractivity contribution in [3.05, 3.63) is 54.1 Å². The zero-order valence-electron chi connectivity index (χ0n) is 14.0. The van der Waals surface area contributed by atoms with Gasteiger partial charge in [-0.3, -0.25) is 8.51 Å². The van der Waals surface area contributed by atoms with Crippen LogP contribution in [0.2, 0.25) is 0 Å². The van der Waals surface area contributed by atoms with Crippen LogP contribution in [0.15, 0.2) is 48.5 Å². The molecule has 2 unspecified atom stereocenters. The predicted octanol–water partition coefficient (Wildman–Crippen LogP) is 2.56. The van der Waals surface area contributed by atoms with Gasteiger partial charge in [0.2, 0.25) is 0 Å². The van der Waals surface area contributed by atoms with Crippen LogP contribution in [0.5, 0.6) is 0 Å². The molecular weight excluding hydrogens is 342 g/mol. The molecule has 0 aromatic heterocycles. The van der Waals surface area contributed by atoms with Crippen LogP contribution in [0.3, 0.4) is 0 Å². The number of rotatable bonds is 7. The number of anilines is 1. The molecule has 0 spiro atoms. The Kier molecular flexibility index (Phi) is 6.30. The Bertz CT molecular complexity index is 743. The SMILES string of the molecule is CC(C)C(C(=O)O)N(c1ccc(-c2ccc(CO)cc2)cc1)S(=O)[O-]. The molecule has 2 aromatic carbocycles. The molecular formula is C18H20NO5S-. The molecule has 25 heavy (non-hydrogen) atoms. The van der Waals surface area contributed by atoms with Gasteiger partial charge < -0.3 is 14.8 Å². The van der Waals surface area contributed by atoms with Gasteiger partial charge in [0, 0.05) is 17.0 Å². The van der Waals surface area contributed by atoms with E-state index in [1.807, 2.05) is 24.3 Å². The van der Waals surface area contributed by atoms with Crippen molar-refractivity contribution >= 4 is 22.9 Å². The first-order valence-corrected chi connectivity index (χ1v) is 8.80. The van der Waals surface area contributed by atoms with Crippen molar-refractivity contribution in [3.8, 4) is 11.1 Å². The molecule has 0 aliphatic heterocycles. The van der Waals surface area contributed by atoms with E-state index in [9.17, 15) is 18.7 Å². The van der Waals surface area contributed by atoms with Gasteiger partial charge in [0.15, 0.2) is 0 Å². The lowest BCUT2D eigenvalue weighted by Crippen LogP contribution is -2.45. The average Bonchev–Trinajstić information content (AvgIpc) is 2.59. The van der Waals surface area contributed by atoms with Gasteiger partial charge in [-0.2, -0.15) is 0 Å². The molecule has 0 fully saturated rings. The highest BCUT2D eigenvalue weighted by atomic mass is 32.2. The number of carboxylic acid groups (broad SMARTS) is 1. The third-order valence-electron chi connectivity index (χ3n) is 3.89. The van der Waals surface area contributed by atoms with E-state index in [1.165, 1.54) is 0 Å². The second kappa shape index (κ2) is 8.24. The Morgan fingerprint density at radius 2 is 1.56 bits per heavy atom. The van der Waals surface area contributed by atoms with Crippen molar-refractivity contribution < 1.29 is 23.8 Å². The van der Waals surface area contributed by atoms with Gasteiger partial charge in [0.25, 0.3) is 0 Å². The van der Waals surface area contributed by atoms with Crippen LogP contribution in [-0.4, -0.2) is 31.0 Å². The van der Waals surface area contributed by atoms with Crippen LogP contribution >= 0.6 is 0 Å². The van der Waals surface area contributed by atoms with Crippen molar-refractivity contribution in [2.45, 2.75) is 26.5 Å². The molecule has 0 aliphatic carbocycles. The lowest BCUT2D eigenvalue weighted by Gasteiger charge is -2.34. The number of aliphatic carboxylic acids is 1. The van der Waals surface area contributed by atoms with E-state index in [2.05, 4.69) is 0 Å². The number of nitrogens with zero attached hydrogens (tertiary/aromatic N) is 1.